The minimum Gasteiger partial charge on any atom is -0.388 e. The van der Waals surface area contributed by atoms with Gasteiger partial charge >= 0.3 is 0 Å². The molecule has 0 spiro atoms. The highest BCUT2D eigenvalue weighted by molar-refractivity contribution is 5.41. The van der Waals surface area contributed by atoms with Crippen molar-refractivity contribution in [1.29, 1.82) is 0 Å². The third kappa shape index (κ3) is 7.10. The van der Waals surface area contributed by atoms with Crippen LogP contribution < -0.4 is 10.6 Å². The average molecular weight is 471 g/mol. The van der Waals surface area contributed by atoms with Crippen LogP contribution in [0.15, 0.2) is 90.7 Å². The summed E-state index contributed by atoms with van der Waals surface area (Å²) in [5.74, 6) is -3.40. The molecule has 0 aliphatic carbocycles. The first-order valence-electron chi connectivity index (χ1n) is 11.7. The first-order valence-corrected chi connectivity index (χ1v) is 11.7. The summed E-state index contributed by atoms with van der Waals surface area (Å²) in [6, 6.07) is 17.4. The second-order valence-electron chi connectivity index (χ2n) is 9.04. The molecular weight excluding hydrogens is 433 g/mol. The molecule has 2 rings (SSSR count). The maximum Gasteiger partial charge on any atom is 0.282 e. The summed E-state index contributed by atoms with van der Waals surface area (Å²) >= 11 is 0. The van der Waals surface area contributed by atoms with Crippen LogP contribution in [-0.4, -0.2) is 25.2 Å². The highest BCUT2D eigenvalue weighted by Gasteiger charge is 2.38. The van der Waals surface area contributed by atoms with E-state index in [9.17, 15) is 13.2 Å². The second kappa shape index (κ2) is 12.1. The smallest absolute Gasteiger partial charge is 0.282 e. The molecule has 0 aliphatic heterocycles. The largest absolute Gasteiger partial charge is 0.388 e. The lowest BCUT2D eigenvalue weighted by atomic mass is 9.77. The highest BCUT2D eigenvalue weighted by Crippen LogP contribution is 2.35. The zero-order valence-corrected chi connectivity index (χ0v) is 20.8. The van der Waals surface area contributed by atoms with Crippen molar-refractivity contribution in [3.63, 3.8) is 0 Å². The number of benzene rings is 2. The lowest BCUT2D eigenvalue weighted by molar-refractivity contribution is -0.0637. The summed E-state index contributed by atoms with van der Waals surface area (Å²) < 4.78 is 41.3. The summed E-state index contributed by atoms with van der Waals surface area (Å²) in [7, 11) is 1.84. The molecule has 2 aromatic carbocycles. The van der Waals surface area contributed by atoms with Gasteiger partial charge in [0.05, 0.1) is 5.54 Å². The normalized spacial score (nSPS) is 15.7. The molecule has 0 aromatic heterocycles. The van der Waals surface area contributed by atoms with Crippen molar-refractivity contribution in [3.8, 4) is 0 Å². The van der Waals surface area contributed by atoms with Crippen molar-refractivity contribution >= 4 is 0 Å². The third-order valence-electron chi connectivity index (χ3n) is 6.01. The minimum absolute atomic E-state index is 0.149. The quantitative estimate of drug-likeness (QED) is 0.330. The molecule has 0 fully saturated rings. The monoisotopic (exact) mass is 470 g/mol. The van der Waals surface area contributed by atoms with Gasteiger partial charge in [-0.05, 0) is 68.5 Å². The Bertz CT molecular complexity index is 976. The van der Waals surface area contributed by atoms with Crippen molar-refractivity contribution in [2.75, 3.05) is 7.05 Å². The van der Waals surface area contributed by atoms with E-state index < -0.39 is 24.1 Å². The van der Waals surface area contributed by atoms with Crippen LogP contribution in [0, 0.1) is 0 Å². The van der Waals surface area contributed by atoms with E-state index in [1.165, 1.54) is 0 Å². The summed E-state index contributed by atoms with van der Waals surface area (Å²) in [5.41, 5.74) is 3.87. The van der Waals surface area contributed by atoms with Gasteiger partial charge in [-0.15, -0.1) is 0 Å². The van der Waals surface area contributed by atoms with Gasteiger partial charge in [0.15, 0.2) is 6.17 Å². The molecule has 0 radical (unpaired) electrons. The number of hydrogen-bond donors (Lipinski definition) is 2. The van der Waals surface area contributed by atoms with Gasteiger partial charge < -0.3 is 10.6 Å². The molecule has 2 N–H and O–H groups in total. The lowest BCUT2D eigenvalue weighted by Crippen LogP contribution is -2.48. The fourth-order valence-corrected chi connectivity index (χ4v) is 4.04. The highest BCUT2D eigenvalue weighted by atomic mass is 19.3. The molecule has 2 nitrogen and oxygen atoms in total. The van der Waals surface area contributed by atoms with Crippen LogP contribution in [0.4, 0.5) is 13.2 Å². The Hall–Kier alpha value is -2.79. The molecule has 0 heterocycles. The Labute approximate surface area is 202 Å². The zero-order chi connectivity index (χ0) is 25.4. The number of nitrogens with one attached hydrogen (secondary N) is 2. The number of allylic oxidation sites excluding steroid dienone is 3. The van der Waals surface area contributed by atoms with Crippen LogP contribution >= 0.6 is 0 Å². The van der Waals surface area contributed by atoms with Crippen molar-refractivity contribution in [1.82, 2.24) is 10.6 Å². The number of hydrogen-bond acceptors (Lipinski definition) is 2. The van der Waals surface area contributed by atoms with Crippen molar-refractivity contribution in [3.05, 3.63) is 107 Å². The average Bonchev–Trinajstić information content (AvgIpc) is 2.79. The Balaban J connectivity index is 2.61. The van der Waals surface area contributed by atoms with E-state index in [1.54, 1.807) is 18.2 Å². The number of halogens is 3. The van der Waals surface area contributed by atoms with E-state index in [0.29, 0.717) is 12.0 Å². The Kier molecular flexibility index (Phi) is 9.75. The Morgan fingerprint density at radius 2 is 1.53 bits per heavy atom. The van der Waals surface area contributed by atoms with E-state index in [1.807, 2.05) is 43.5 Å². The van der Waals surface area contributed by atoms with E-state index in [2.05, 4.69) is 56.2 Å². The van der Waals surface area contributed by atoms with Crippen LogP contribution in [0.25, 0.3) is 0 Å². The number of alkyl halides is 3. The maximum absolute atomic E-state index is 14.0. The Morgan fingerprint density at radius 3 is 2.03 bits per heavy atom. The molecular formula is C29H37F3N2. The Morgan fingerprint density at radius 1 is 0.941 bits per heavy atom. The first kappa shape index (κ1) is 27.5. The van der Waals surface area contributed by atoms with Crippen LogP contribution in [0.3, 0.4) is 0 Å². The summed E-state index contributed by atoms with van der Waals surface area (Å²) in [6.45, 7) is 11.0. The first-order chi connectivity index (χ1) is 16.0. The molecule has 34 heavy (non-hydrogen) atoms. The van der Waals surface area contributed by atoms with Crippen LogP contribution in [0.2, 0.25) is 0 Å². The molecule has 0 saturated carbocycles. The molecule has 0 amide bonds. The zero-order valence-electron chi connectivity index (χ0n) is 20.8. The predicted molar refractivity (Wildman–Crippen MR) is 137 cm³/mol. The summed E-state index contributed by atoms with van der Waals surface area (Å²) in [6.07, 6.45) is 3.62. The van der Waals surface area contributed by atoms with E-state index in [4.69, 9.17) is 0 Å². The van der Waals surface area contributed by atoms with Gasteiger partial charge in [0.25, 0.3) is 5.92 Å². The van der Waals surface area contributed by atoms with Gasteiger partial charge in [-0.2, -0.15) is 0 Å². The molecule has 184 valence electrons. The molecule has 5 heteroatoms. The SMILES string of the molecule is C=C/C(=C\C=C(/C)C(Cc1ccccc1)(NC(C)C)c1ccc(CC(F)(F)C(C)F)cc1)NC. The van der Waals surface area contributed by atoms with Crippen LogP contribution in [-0.2, 0) is 18.4 Å². The van der Waals surface area contributed by atoms with Gasteiger partial charge in [0.1, 0.15) is 0 Å². The minimum atomic E-state index is -3.40. The van der Waals surface area contributed by atoms with E-state index in [-0.39, 0.29) is 6.04 Å². The van der Waals surface area contributed by atoms with Gasteiger partial charge in [0.2, 0.25) is 0 Å². The van der Waals surface area contributed by atoms with E-state index >= 15 is 0 Å². The van der Waals surface area contributed by atoms with Gasteiger partial charge in [0, 0.05) is 25.2 Å². The number of rotatable bonds is 12. The fraction of sp³-hybridized carbons (Fsp3) is 0.379. The molecule has 0 aliphatic rings. The van der Waals surface area contributed by atoms with Gasteiger partial charge in [-0.3, -0.25) is 0 Å². The van der Waals surface area contributed by atoms with Gasteiger partial charge in [-0.25, -0.2) is 13.2 Å². The third-order valence-corrected chi connectivity index (χ3v) is 6.01. The van der Waals surface area contributed by atoms with Crippen molar-refractivity contribution in [2.45, 2.75) is 64.2 Å². The van der Waals surface area contributed by atoms with Gasteiger partial charge in [-0.1, -0.05) is 67.3 Å². The van der Waals surface area contributed by atoms with E-state index in [0.717, 1.165) is 29.3 Å². The summed E-state index contributed by atoms with van der Waals surface area (Å²) in [4.78, 5) is 0. The predicted octanol–water partition coefficient (Wildman–Crippen LogP) is 6.89. The van der Waals surface area contributed by atoms with Crippen molar-refractivity contribution < 1.29 is 13.2 Å². The molecule has 0 saturated heterocycles. The summed E-state index contributed by atoms with van der Waals surface area (Å²) in [5, 5.41) is 6.86. The number of likely N-dealkylation sites (N-methyl/N-ethyl adjacent to an activating group) is 1. The topological polar surface area (TPSA) is 24.1 Å². The van der Waals surface area contributed by atoms with Crippen LogP contribution in [0.1, 0.15) is 44.4 Å². The van der Waals surface area contributed by atoms with Crippen LogP contribution in [0.5, 0.6) is 0 Å². The molecule has 2 aromatic rings. The maximum atomic E-state index is 14.0. The standard InChI is InChI=1S/C29H37F3N2/c1-7-27(33-6)18-13-22(4)28(34-21(2)3,19-24-11-9-8-10-12-24)26-16-14-25(15-17-26)20-29(31,32)23(5)30/h7-18,21,23,33-34H,1,19-20H2,2-6H3/b22-13+,27-18+. The lowest BCUT2D eigenvalue weighted by Gasteiger charge is -2.39. The molecule has 0 bridgehead atoms. The molecule has 2 unspecified atom stereocenters. The second-order valence-corrected chi connectivity index (χ2v) is 9.04. The molecule has 2 atom stereocenters. The van der Waals surface area contributed by atoms with Crippen molar-refractivity contribution in [2.24, 2.45) is 0 Å². The fourth-order valence-electron chi connectivity index (χ4n) is 4.04.